The molecule has 0 aliphatic heterocycles. The van der Waals surface area contributed by atoms with Crippen molar-refractivity contribution in [2.24, 2.45) is 0 Å². The highest BCUT2D eigenvalue weighted by atomic mass is 32.2. The number of anilines is 2. The number of aromatic hydroxyl groups is 2. The summed E-state index contributed by atoms with van der Waals surface area (Å²) in [5, 5.41) is 19.2. The molecule has 0 aromatic heterocycles. The number of nitrogens with two attached hydrogens (primary N) is 2. The van der Waals surface area contributed by atoms with Gasteiger partial charge in [0.25, 0.3) is 0 Å². The zero-order chi connectivity index (χ0) is 15.9. The molecule has 6 nitrogen and oxygen atoms in total. The van der Waals surface area contributed by atoms with Gasteiger partial charge in [-0.05, 0) is 49.2 Å². The molecule has 0 bridgehead atoms. The fourth-order valence-electron chi connectivity index (χ4n) is 1.99. The molecular formula is C14H16N2O4S. The van der Waals surface area contributed by atoms with Crippen molar-refractivity contribution in [3.05, 3.63) is 35.4 Å². The molecule has 2 rings (SSSR count). The molecule has 0 saturated heterocycles. The first-order valence-corrected chi connectivity index (χ1v) is 7.56. The molecular weight excluding hydrogens is 292 g/mol. The van der Waals surface area contributed by atoms with Crippen molar-refractivity contribution in [3.63, 3.8) is 0 Å². The van der Waals surface area contributed by atoms with Crippen LogP contribution in [0.1, 0.15) is 11.1 Å². The van der Waals surface area contributed by atoms with Gasteiger partial charge in [-0.25, -0.2) is 8.42 Å². The highest BCUT2D eigenvalue weighted by molar-refractivity contribution is 7.91. The number of hydrogen-bond acceptors (Lipinski definition) is 6. The topological polar surface area (TPSA) is 127 Å². The van der Waals surface area contributed by atoms with E-state index in [-0.39, 0.29) is 32.7 Å². The van der Waals surface area contributed by atoms with Crippen LogP contribution in [0.3, 0.4) is 0 Å². The average Bonchev–Trinajstić information content (AvgIpc) is 2.40. The van der Waals surface area contributed by atoms with Crippen LogP contribution in [-0.2, 0) is 9.84 Å². The van der Waals surface area contributed by atoms with E-state index in [4.69, 9.17) is 11.5 Å². The summed E-state index contributed by atoms with van der Waals surface area (Å²) < 4.78 is 25.2. The third-order valence-corrected chi connectivity index (χ3v) is 4.94. The second kappa shape index (κ2) is 4.85. The van der Waals surface area contributed by atoms with Crippen LogP contribution in [0.5, 0.6) is 11.5 Å². The molecule has 6 N–H and O–H groups in total. The third-order valence-electron chi connectivity index (χ3n) is 3.23. The van der Waals surface area contributed by atoms with Crippen molar-refractivity contribution in [2.75, 3.05) is 11.5 Å². The monoisotopic (exact) mass is 308 g/mol. The first-order valence-electron chi connectivity index (χ1n) is 6.08. The third kappa shape index (κ3) is 2.47. The number of nitrogen functional groups attached to an aromatic ring is 2. The van der Waals surface area contributed by atoms with E-state index in [1.807, 2.05) is 0 Å². The molecule has 0 unspecified atom stereocenters. The average molecular weight is 308 g/mol. The van der Waals surface area contributed by atoms with Gasteiger partial charge in [0, 0.05) is 0 Å². The molecule has 0 saturated carbocycles. The molecule has 21 heavy (non-hydrogen) atoms. The molecule has 0 radical (unpaired) electrons. The number of phenolic OH excluding ortho intramolecular Hbond substituents is 2. The summed E-state index contributed by atoms with van der Waals surface area (Å²) in [5.41, 5.74) is 11.9. The quantitative estimate of drug-likeness (QED) is 0.494. The smallest absolute Gasteiger partial charge is 0.206 e. The summed E-state index contributed by atoms with van der Waals surface area (Å²) in [4.78, 5) is -0.0837. The van der Waals surface area contributed by atoms with Crippen LogP contribution in [-0.4, -0.2) is 18.6 Å². The number of sulfone groups is 1. The van der Waals surface area contributed by atoms with E-state index in [1.54, 1.807) is 13.8 Å². The zero-order valence-corrected chi connectivity index (χ0v) is 12.4. The maximum absolute atomic E-state index is 12.6. The Balaban J connectivity index is 2.68. The molecule has 0 amide bonds. The van der Waals surface area contributed by atoms with E-state index in [9.17, 15) is 18.6 Å². The fraction of sp³-hybridized carbons (Fsp3) is 0.143. The molecule has 0 heterocycles. The van der Waals surface area contributed by atoms with E-state index >= 15 is 0 Å². The van der Waals surface area contributed by atoms with Crippen molar-refractivity contribution in [2.45, 2.75) is 23.6 Å². The lowest BCUT2D eigenvalue weighted by Gasteiger charge is -2.11. The van der Waals surface area contributed by atoms with Gasteiger partial charge in [-0.3, -0.25) is 0 Å². The van der Waals surface area contributed by atoms with Crippen LogP contribution < -0.4 is 11.5 Å². The lowest BCUT2D eigenvalue weighted by molar-refractivity contribution is 0.473. The summed E-state index contributed by atoms with van der Waals surface area (Å²) in [6, 6.07) is 5.05. The number of hydrogen-bond donors (Lipinski definition) is 4. The molecule has 0 aliphatic carbocycles. The number of phenols is 2. The van der Waals surface area contributed by atoms with Gasteiger partial charge in [0.15, 0.2) is 0 Å². The number of aryl methyl sites for hydroxylation is 2. The Morgan fingerprint density at radius 3 is 1.43 bits per heavy atom. The Labute approximate surface area is 122 Å². The molecule has 0 aliphatic rings. The first kappa shape index (κ1) is 15.0. The zero-order valence-electron chi connectivity index (χ0n) is 11.6. The highest BCUT2D eigenvalue weighted by Crippen LogP contribution is 2.34. The Morgan fingerprint density at radius 2 is 1.14 bits per heavy atom. The first-order chi connectivity index (χ1) is 9.64. The van der Waals surface area contributed by atoms with Gasteiger partial charge in [-0.15, -0.1) is 0 Å². The minimum atomic E-state index is -3.84. The normalized spacial score (nSPS) is 11.5. The van der Waals surface area contributed by atoms with Gasteiger partial charge in [0.2, 0.25) is 9.84 Å². The molecule has 2 aromatic carbocycles. The van der Waals surface area contributed by atoms with Gasteiger partial charge in [0.1, 0.15) is 11.5 Å². The van der Waals surface area contributed by atoms with Crippen LogP contribution in [0, 0.1) is 13.8 Å². The van der Waals surface area contributed by atoms with Crippen molar-refractivity contribution < 1.29 is 18.6 Å². The fourth-order valence-corrected chi connectivity index (χ4v) is 3.49. The van der Waals surface area contributed by atoms with Crippen LogP contribution in [0.4, 0.5) is 11.4 Å². The van der Waals surface area contributed by atoms with Gasteiger partial charge >= 0.3 is 0 Å². The summed E-state index contributed by atoms with van der Waals surface area (Å²) in [5.74, 6) is -0.286. The van der Waals surface area contributed by atoms with Gasteiger partial charge < -0.3 is 21.7 Å². The molecule has 0 fully saturated rings. The Kier molecular flexibility index (Phi) is 3.46. The summed E-state index contributed by atoms with van der Waals surface area (Å²) in [7, 11) is -3.84. The second-order valence-corrected chi connectivity index (χ2v) is 6.81. The molecule has 2 aromatic rings. The van der Waals surface area contributed by atoms with E-state index in [0.29, 0.717) is 11.1 Å². The molecule has 112 valence electrons. The van der Waals surface area contributed by atoms with Crippen molar-refractivity contribution >= 4 is 21.2 Å². The van der Waals surface area contributed by atoms with Crippen molar-refractivity contribution in [1.29, 1.82) is 0 Å². The van der Waals surface area contributed by atoms with Crippen LogP contribution in [0.25, 0.3) is 0 Å². The summed E-state index contributed by atoms with van der Waals surface area (Å²) >= 11 is 0. The SMILES string of the molecule is Cc1cc(S(=O)(=O)c2cc(C)c(O)c(N)c2)cc(N)c1O. The molecule has 0 spiro atoms. The van der Waals surface area contributed by atoms with E-state index in [0.717, 1.165) is 0 Å². The van der Waals surface area contributed by atoms with Crippen LogP contribution in [0.15, 0.2) is 34.1 Å². The van der Waals surface area contributed by atoms with Gasteiger partial charge in [-0.2, -0.15) is 0 Å². The predicted octanol–water partition coefficient (Wildman–Crippen LogP) is 1.71. The largest absolute Gasteiger partial charge is 0.506 e. The van der Waals surface area contributed by atoms with Crippen molar-refractivity contribution in [3.8, 4) is 11.5 Å². The Hall–Kier alpha value is -2.41. The maximum Gasteiger partial charge on any atom is 0.206 e. The van der Waals surface area contributed by atoms with E-state index in [1.165, 1.54) is 24.3 Å². The Morgan fingerprint density at radius 1 is 0.810 bits per heavy atom. The predicted molar refractivity (Wildman–Crippen MR) is 80.0 cm³/mol. The van der Waals surface area contributed by atoms with Crippen LogP contribution >= 0.6 is 0 Å². The van der Waals surface area contributed by atoms with E-state index in [2.05, 4.69) is 0 Å². The Bertz CT molecular complexity index is 719. The highest BCUT2D eigenvalue weighted by Gasteiger charge is 2.22. The minimum absolute atomic E-state index is 0.0166. The lowest BCUT2D eigenvalue weighted by Crippen LogP contribution is -2.05. The second-order valence-electron chi connectivity index (χ2n) is 4.86. The standard InChI is InChI=1S/C14H16N2O4S/c1-7-3-9(5-11(15)13(7)17)21(19,20)10-4-8(2)14(18)12(16)6-10/h3-6,17-18H,15-16H2,1-2H3. The minimum Gasteiger partial charge on any atom is -0.506 e. The lowest BCUT2D eigenvalue weighted by atomic mass is 10.2. The number of rotatable bonds is 2. The van der Waals surface area contributed by atoms with Gasteiger partial charge in [0.05, 0.1) is 21.2 Å². The number of benzene rings is 2. The molecule has 0 atom stereocenters. The van der Waals surface area contributed by atoms with Gasteiger partial charge in [-0.1, -0.05) is 0 Å². The molecule has 7 heteroatoms. The van der Waals surface area contributed by atoms with Crippen LogP contribution in [0.2, 0.25) is 0 Å². The van der Waals surface area contributed by atoms with Crippen molar-refractivity contribution in [1.82, 2.24) is 0 Å². The van der Waals surface area contributed by atoms with E-state index < -0.39 is 9.84 Å². The summed E-state index contributed by atoms with van der Waals surface area (Å²) in [6.45, 7) is 3.11. The maximum atomic E-state index is 12.6. The summed E-state index contributed by atoms with van der Waals surface area (Å²) in [6.07, 6.45) is 0.